The molecule has 1 amide bonds. The van der Waals surface area contributed by atoms with Crippen molar-refractivity contribution in [1.29, 1.82) is 0 Å². The van der Waals surface area contributed by atoms with Gasteiger partial charge in [0, 0.05) is 5.41 Å². The van der Waals surface area contributed by atoms with Gasteiger partial charge in [0.1, 0.15) is 0 Å². The number of rotatable bonds is 4. The van der Waals surface area contributed by atoms with Gasteiger partial charge in [-0.1, -0.05) is 31.5 Å². The molecule has 0 unspecified atom stereocenters. The van der Waals surface area contributed by atoms with Crippen LogP contribution in [0.2, 0.25) is 5.02 Å². The molecule has 0 aliphatic heterocycles. The molecule has 0 aliphatic carbocycles. The fourth-order valence-electron chi connectivity index (χ4n) is 1.50. The number of nitrogens with one attached hydrogen (secondary N) is 1. The summed E-state index contributed by atoms with van der Waals surface area (Å²) in [6, 6.07) is 5.55. The molecule has 0 aliphatic rings. The first-order chi connectivity index (χ1) is 7.86. The van der Waals surface area contributed by atoms with E-state index in [1.165, 1.54) is 0 Å². The van der Waals surface area contributed by atoms with Crippen molar-refractivity contribution in [2.45, 2.75) is 27.2 Å². The third-order valence-corrected chi connectivity index (χ3v) is 3.08. The second kappa shape index (κ2) is 5.52. The van der Waals surface area contributed by atoms with Crippen LogP contribution in [-0.4, -0.2) is 12.5 Å². The Morgan fingerprint density at radius 3 is 2.71 bits per heavy atom. The van der Waals surface area contributed by atoms with Crippen molar-refractivity contribution in [3.63, 3.8) is 0 Å². The van der Waals surface area contributed by atoms with Crippen LogP contribution in [0.1, 0.15) is 25.8 Å². The minimum atomic E-state index is -0.484. The van der Waals surface area contributed by atoms with E-state index in [0.29, 0.717) is 23.7 Å². The summed E-state index contributed by atoms with van der Waals surface area (Å²) < 4.78 is 0. The topological polar surface area (TPSA) is 55.1 Å². The van der Waals surface area contributed by atoms with E-state index < -0.39 is 5.41 Å². The van der Waals surface area contributed by atoms with Crippen LogP contribution in [0, 0.1) is 12.3 Å². The molecule has 0 saturated heterocycles. The molecular formula is C13H19ClN2O. The van der Waals surface area contributed by atoms with E-state index in [-0.39, 0.29) is 5.91 Å². The molecule has 3 N–H and O–H groups in total. The number of aryl methyl sites for hydroxylation is 1. The van der Waals surface area contributed by atoms with Gasteiger partial charge in [0.2, 0.25) is 5.91 Å². The summed E-state index contributed by atoms with van der Waals surface area (Å²) in [5, 5.41) is 3.40. The van der Waals surface area contributed by atoms with Gasteiger partial charge in [0.25, 0.3) is 0 Å². The molecule has 0 aromatic heterocycles. The molecule has 1 aromatic carbocycles. The van der Waals surface area contributed by atoms with Gasteiger partial charge in [0.05, 0.1) is 10.7 Å². The number of hydrogen-bond donors (Lipinski definition) is 2. The Labute approximate surface area is 107 Å². The summed E-state index contributed by atoms with van der Waals surface area (Å²) in [5.74, 6) is -0.0598. The van der Waals surface area contributed by atoms with E-state index in [4.69, 9.17) is 17.3 Å². The SMILES string of the molecule is Cc1ccc(Cl)c(NC(=O)C(C)(C)CCN)c1. The molecule has 3 nitrogen and oxygen atoms in total. The molecule has 4 heteroatoms. The van der Waals surface area contributed by atoms with Crippen molar-refractivity contribution in [3.8, 4) is 0 Å². The number of anilines is 1. The lowest BCUT2D eigenvalue weighted by atomic mass is 9.88. The predicted molar refractivity (Wildman–Crippen MR) is 72.3 cm³/mol. The summed E-state index contributed by atoms with van der Waals surface area (Å²) in [6.07, 6.45) is 0.641. The van der Waals surface area contributed by atoms with E-state index in [9.17, 15) is 4.79 Å². The van der Waals surface area contributed by atoms with Crippen LogP contribution in [0.15, 0.2) is 18.2 Å². The monoisotopic (exact) mass is 254 g/mol. The van der Waals surface area contributed by atoms with Crippen molar-refractivity contribution in [2.75, 3.05) is 11.9 Å². The number of amides is 1. The summed E-state index contributed by atoms with van der Waals surface area (Å²) in [4.78, 5) is 12.1. The Kier molecular flexibility index (Phi) is 4.54. The summed E-state index contributed by atoms with van der Waals surface area (Å²) in [5.41, 5.74) is 6.72. The number of carbonyl (C=O) groups excluding carboxylic acids is 1. The lowest BCUT2D eigenvalue weighted by Gasteiger charge is -2.23. The fourth-order valence-corrected chi connectivity index (χ4v) is 1.67. The first kappa shape index (κ1) is 14.0. The van der Waals surface area contributed by atoms with Gasteiger partial charge in [0.15, 0.2) is 0 Å². The second-order valence-corrected chi connectivity index (χ2v) is 5.27. The molecule has 94 valence electrons. The zero-order valence-electron chi connectivity index (χ0n) is 10.5. The van der Waals surface area contributed by atoms with Crippen LogP contribution >= 0.6 is 11.6 Å². The van der Waals surface area contributed by atoms with Gasteiger partial charge >= 0.3 is 0 Å². The van der Waals surface area contributed by atoms with Crippen LogP contribution in [0.5, 0.6) is 0 Å². The number of hydrogen-bond acceptors (Lipinski definition) is 2. The number of nitrogens with two attached hydrogens (primary N) is 1. The van der Waals surface area contributed by atoms with Crippen molar-refractivity contribution in [2.24, 2.45) is 11.1 Å². The van der Waals surface area contributed by atoms with Crippen molar-refractivity contribution >= 4 is 23.2 Å². The average Bonchev–Trinajstić information content (AvgIpc) is 2.23. The molecule has 0 saturated carbocycles. The highest BCUT2D eigenvalue weighted by molar-refractivity contribution is 6.33. The summed E-state index contributed by atoms with van der Waals surface area (Å²) in [6.45, 7) is 6.19. The van der Waals surface area contributed by atoms with Gasteiger partial charge in [-0.05, 0) is 37.6 Å². The molecule has 17 heavy (non-hydrogen) atoms. The standard InChI is InChI=1S/C13H19ClN2O/c1-9-4-5-10(14)11(8-9)16-12(17)13(2,3)6-7-15/h4-5,8H,6-7,15H2,1-3H3,(H,16,17). The number of carbonyl (C=O) groups is 1. The Morgan fingerprint density at radius 2 is 2.12 bits per heavy atom. The second-order valence-electron chi connectivity index (χ2n) is 4.86. The maximum absolute atomic E-state index is 12.1. The number of benzene rings is 1. The zero-order chi connectivity index (χ0) is 13.1. The van der Waals surface area contributed by atoms with E-state index in [2.05, 4.69) is 5.32 Å². The fraction of sp³-hybridized carbons (Fsp3) is 0.462. The Balaban J connectivity index is 2.84. The quantitative estimate of drug-likeness (QED) is 0.868. The van der Waals surface area contributed by atoms with E-state index >= 15 is 0 Å². The van der Waals surface area contributed by atoms with E-state index in [0.717, 1.165) is 5.56 Å². The first-order valence-electron chi connectivity index (χ1n) is 5.64. The first-order valence-corrected chi connectivity index (χ1v) is 6.02. The normalized spacial score (nSPS) is 11.4. The van der Waals surface area contributed by atoms with Crippen LogP contribution < -0.4 is 11.1 Å². The van der Waals surface area contributed by atoms with Crippen LogP contribution in [0.4, 0.5) is 5.69 Å². The predicted octanol–water partition coefficient (Wildman–Crippen LogP) is 2.96. The minimum absolute atomic E-state index is 0.0598. The highest BCUT2D eigenvalue weighted by Crippen LogP contribution is 2.27. The molecule has 0 heterocycles. The van der Waals surface area contributed by atoms with Gasteiger partial charge in [-0.25, -0.2) is 0 Å². The summed E-state index contributed by atoms with van der Waals surface area (Å²) >= 11 is 6.03. The molecule has 1 aromatic rings. The maximum Gasteiger partial charge on any atom is 0.230 e. The van der Waals surface area contributed by atoms with E-state index in [1.54, 1.807) is 6.07 Å². The maximum atomic E-state index is 12.1. The molecule has 0 radical (unpaired) electrons. The number of halogens is 1. The van der Waals surface area contributed by atoms with Crippen LogP contribution in [0.25, 0.3) is 0 Å². The Bertz CT molecular complexity index is 416. The lowest BCUT2D eigenvalue weighted by Crippen LogP contribution is -2.32. The Morgan fingerprint density at radius 1 is 1.47 bits per heavy atom. The van der Waals surface area contributed by atoms with Crippen molar-refractivity contribution in [1.82, 2.24) is 0 Å². The lowest BCUT2D eigenvalue weighted by molar-refractivity contribution is -0.124. The summed E-state index contributed by atoms with van der Waals surface area (Å²) in [7, 11) is 0. The van der Waals surface area contributed by atoms with Gasteiger partial charge in [-0.15, -0.1) is 0 Å². The molecule has 0 bridgehead atoms. The highest BCUT2D eigenvalue weighted by atomic mass is 35.5. The molecule has 0 atom stereocenters. The van der Waals surface area contributed by atoms with Crippen LogP contribution in [-0.2, 0) is 4.79 Å². The smallest absolute Gasteiger partial charge is 0.230 e. The van der Waals surface area contributed by atoms with E-state index in [1.807, 2.05) is 32.9 Å². The third kappa shape index (κ3) is 3.72. The molecular weight excluding hydrogens is 236 g/mol. The zero-order valence-corrected chi connectivity index (χ0v) is 11.3. The Hall–Kier alpha value is -1.06. The van der Waals surface area contributed by atoms with Crippen molar-refractivity contribution < 1.29 is 4.79 Å². The molecule has 0 fully saturated rings. The van der Waals surface area contributed by atoms with Crippen LogP contribution in [0.3, 0.4) is 0 Å². The van der Waals surface area contributed by atoms with Gasteiger partial charge in [-0.2, -0.15) is 0 Å². The average molecular weight is 255 g/mol. The minimum Gasteiger partial charge on any atom is -0.330 e. The highest BCUT2D eigenvalue weighted by Gasteiger charge is 2.27. The molecule has 0 spiro atoms. The molecule has 1 rings (SSSR count). The third-order valence-electron chi connectivity index (χ3n) is 2.75. The van der Waals surface area contributed by atoms with Gasteiger partial charge in [-0.3, -0.25) is 4.79 Å². The largest absolute Gasteiger partial charge is 0.330 e. The van der Waals surface area contributed by atoms with Gasteiger partial charge < -0.3 is 11.1 Å². The van der Waals surface area contributed by atoms with Crippen molar-refractivity contribution in [3.05, 3.63) is 28.8 Å².